The van der Waals surface area contributed by atoms with E-state index in [0.29, 0.717) is 21.4 Å². The van der Waals surface area contributed by atoms with Gasteiger partial charge in [-0.1, -0.05) is 86.1 Å². The summed E-state index contributed by atoms with van der Waals surface area (Å²) in [5, 5.41) is 1.14. The lowest BCUT2D eigenvalue weighted by molar-refractivity contribution is 0.590. The molecule has 0 radical (unpaired) electrons. The van der Waals surface area contributed by atoms with Crippen LogP contribution in [0.1, 0.15) is 31.9 Å². The zero-order valence-corrected chi connectivity index (χ0v) is 17.4. The van der Waals surface area contributed by atoms with Crippen LogP contribution in [0.15, 0.2) is 46.8 Å². The maximum absolute atomic E-state index is 6.23. The molecule has 6 heteroatoms. The van der Waals surface area contributed by atoms with E-state index in [4.69, 9.17) is 23.2 Å². The molecule has 0 fully saturated rings. The Bertz CT molecular complexity index is 848. The predicted molar refractivity (Wildman–Crippen MR) is 110 cm³/mol. The first-order chi connectivity index (χ1) is 11.8. The molecule has 3 aromatic rings. The maximum Gasteiger partial charge on any atom is 0.177 e. The molecule has 25 heavy (non-hydrogen) atoms. The molecule has 0 saturated carbocycles. The van der Waals surface area contributed by atoms with E-state index in [1.54, 1.807) is 23.9 Å². The van der Waals surface area contributed by atoms with E-state index in [2.05, 4.69) is 54.4 Å². The third kappa shape index (κ3) is 4.56. The molecule has 0 amide bonds. The molecule has 0 N–H and O–H groups in total. The third-order valence-electron chi connectivity index (χ3n) is 3.78. The molecule has 3 rings (SSSR count). The first-order valence-corrected chi connectivity index (χ1v) is 10.4. The topological polar surface area (TPSA) is 25.8 Å². The van der Waals surface area contributed by atoms with Crippen molar-refractivity contribution in [3.63, 3.8) is 0 Å². The summed E-state index contributed by atoms with van der Waals surface area (Å²) in [4.78, 5) is 4.58. The number of thioether (sulfide) groups is 1. The van der Waals surface area contributed by atoms with Crippen LogP contribution in [0.4, 0.5) is 0 Å². The summed E-state index contributed by atoms with van der Waals surface area (Å²) >= 11 is 15.5. The zero-order chi connectivity index (χ0) is 18.0. The Hall–Kier alpha value is -1.07. The number of hydrogen-bond acceptors (Lipinski definition) is 4. The van der Waals surface area contributed by atoms with Crippen molar-refractivity contribution < 1.29 is 0 Å². The Kier molecular flexibility index (Phi) is 5.74. The fourth-order valence-corrected chi connectivity index (χ4v) is 4.45. The van der Waals surface area contributed by atoms with Crippen molar-refractivity contribution in [2.45, 2.75) is 36.3 Å². The minimum Gasteiger partial charge on any atom is -0.208 e. The molecule has 2 aromatic carbocycles. The summed E-state index contributed by atoms with van der Waals surface area (Å²) in [6, 6.07) is 14.2. The minimum atomic E-state index is 0.175. The van der Waals surface area contributed by atoms with Gasteiger partial charge in [-0.25, -0.2) is 4.98 Å². The van der Waals surface area contributed by atoms with Crippen molar-refractivity contribution in [2.24, 2.45) is 0 Å². The van der Waals surface area contributed by atoms with Crippen molar-refractivity contribution in [1.82, 2.24) is 9.36 Å². The van der Waals surface area contributed by atoms with E-state index >= 15 is 0 Å². The Morgan fingerprint density at radius 2 is 1.64 bits per heavy atom. The van der Waals surface area contributed by atoms with Gasteiger partial charge >= 0.3 is 0 Å². The quantitative estimate of drug-likeness (QED) is 0.430. The van der Waals surface area contributed by atoms with E-state index in [0.717, 1.165) is 10.1 Å². The number of nitrogens with zero attached hydrogens (tertiary/aromatic N) is 2. The first kappa shape index (κ1) is 18.7. The molecule has 130 valence electrons. The minimum absolute atomic E-state index is 0.175. The molecule has 0 unspecified atom stereocenters. The van der Waals surface area contributed by atoms with Crippen LogP contribution in [0.25, 0.3) is 11.4 Å². The monoisotopic (exact) mass is 408 g/mol. The smallest absolute Gasteiger partial charge is 0.177 e. The van der Waals surface area contributed by atoms with Crippen molar-refractivity contribution in [1.29, 1.82) is 0 Å². The van der Waals surface area contributed by atoms with E-state index in [1.165, 1.54) is 22.7 Å². The van der Waals surface area contributed by atoms with E-state index < -0.39 is 0 Å². The molecule has 0 spiro atoms. The standard InChI is InChI=1S/C19H18Cl2N2S2/c1-19(2,3)13-9-7-12(8-10-13)11-24-18-22-17(23-25-18)16-14(20)5-4-6-15(16)21/h4-10H,11H2,1-3H3. The summed E-state index contributed by atoms with van der Waals surface area (Å²) < 4.78 is 5.32. The van der Waals surface area contributed by atoms with Crippen LogP contribution in [-0.4, -0.2) is 9.36 Å². The molecule has 0 aliphatic rings. The number of hydrogen-bond donors (Lipinski definition) is 0. The molecule has 2 nitrogen and oxygen atoms in total. The van der Waals surface area contributed by atoms with E-state index in [1.807, 2.05) is 6.07 Å². The van der Waals surface area contributed by atoms with Crippen LogP contribution >= 0.6 is 46.5 Å². The van der Waals surface area contributed by atoms with Crippen molar-refractivity contribution in [3.8, 4) is 11.4 Å². The number of rotatable bonds is 4. The van der Waals surface area contributed by atoms with Crippen LogP contribution in [-0.2, 0) is 11.2 Å². The van der Waals surface area contributed by atoms with Gasteiger partial charge in [0.15, 0.2) is 10.2 Å². The second kappa shape index (κ2) is 7.67. The lowest BCUT2D eigenvalue weighted by Gasteiger charge is -2.19. The molecule has 0 aliphatic carbocycles. The number of halogens is 2. The van der Waals surface area contributed by atoms with E-state index in [9.17, 15) is 0 Å². The highest BCUT2D eigenvalue weighted by molar-refractivity contribution is 8.00. The summed E-state index contributed by atoms with van der Waals surface area (Å²) in [7, 11) is 0. The Morgan fingerprint density at radius 1 is 1.00 bits per heavy atom. The Morgan fingerprint density at radius 3 is 2.24 bits per heavy atom. The highest BCUT2D eigenvalue weighted by Crippen LogP contribution is 2.35. The molecule has 0 atom stereocenters. The van der Waals surface area contributed by atoms with Gasteiger partial charge in [-0.15, -0.1) is 0 Å². The van der Waals surface area contributed by atoms with Gasteiger partial charge in [0.1, 0.15) is 0 Å². The maximum atomic E-state index is 6.23. The lowest BCUT2D eigenvalue weighted by Crippen LogP contribution is -2.10. The summed E-state index contributed by atoms with van der Waals surface area (Å²) in [5.41, 5.74) is 3.48. The predicted octanol–water partition coefficient (Wildman–Crippen LogP) is 7.10. The van der Waals surface area contributed by atoms with Gasteiger partial charge in [0, 0.05) is 5.75 Å². The highest BCUT2D eigenvalue weighted by Gasteiger charge is 2.15. The van der Waals surface area contributed by atoms with Gasteiger partial charge in [-0.2, -0.15) is 4.37 Å². The van der Waals surface area contributed by atoms with Gasteiger partial charge < -0.3 is 0 Å². The average Bonchev–Trinajstić information content (AvgIpc) is 3.01. The molecular formula is C19H18Cl2N2S2. The molecule has 0 saturated heterocycles. The Balaban J connectivity index is 1.70. The van der Waals surface area contributed by atoms with Gasteiger partial charge in [0.05, 0.1) is 15.6 Å². The first-order valence-electron chi connectivity index (χ1n) is 7.85. The fourth-order valence-electron chi connectivity index (χ4n) is 2.33. The van der Waals surface area contributed by atoms with Crippen LogP contribution in [0, 0.1) is 0 Å². The molecule has 0 aliphatic heterocycles. The number of benzene rings is 2. The second-order valence-corrected chi connectivity index (χ2v) is 9.50. The molecular weight excluding hydrogens is 391 g/mol. The zero-order valence-electron chi connectivity index (χ0n) is 14.2. The van der Waals surface area contributed by atoms with Gasteiger partial charge in [0.25, 0.3) is 0 Å². The summed E-state index contributed by atoms with van der Waals surface area (Å²) in [5.74, 6) is 1.45. The van der Waals surface area contributed by atoms with Gasteiger partial charge in [0.2, 0.25) is 0 Å². The molecule has 1 aromatic heterocycles. The van der Waals surface area contributed by atoms with E-state index in [-0.39, 0.29) is 5.41 Å². The van der Waals surface area contributed by atoms with Gasteiger partial charge in [-0.3, -0.25) is 0 Å². The molecule has 0 bridgehead atoms. The lowest BCUT2D eigenvalue weighted by atomic mass is 9.87. The van der Waals surface area contributed by atoms with Crippen LogP contribution < -0.4 is 0 Å². The summed E-state index contributed by atoms with van der Waals surface area (Å²) in [6.45, 7) is 6.66. The highest BCUT2D eigenvalue weighted by atomic mass is 35.5. The fraction of sp³-hybridized carbons (Fsp3) is 0.263. The number of aromatic nitrogens is 2. The van der Waals surface area contributed by atoms with Crippen LogP contribution in [0.5, 0.6) is 0 Å². The largest absolute Gasteiger partial charge is 0.208 e. The average molecular weight is 409 g/mol. The van der Waals surface area contributed by atoms with Crippen LogP contribution in [0.3, 0.4) is 0 Å². The third-order valence-corrected chi connectivity index (χ3v) is 6.31. The summed E-state index contributed by atoms with van der Waals surface area (Å²) in [6.07, 6.45) is 0. The second-order valence-electron chi connectivity index (χ2n) is 6.72. The van der Waals surface area contributed by atoms with Crippen molar-refractivity contribution in [3.05, 3.63) is 63.6 Å². The van der Waals surface area contributed by atoms with Gasteiger partial charge in [-0.05, 0) is 40.2 Å². The van der Waals surface area contributed by atoms with Crippen molar-refractivity contribution in [2.75, 3.05) is 0 Å². The van der Waals surface area contributed by atoms with Crippen molar-refractivity contribution >= 4 is 46.5 Å². The SMILES string of the molecule is CC(C)(C)c1ccc(CSc2nc(-c3c(Cl)cccc3Cl)ns2)cc1. The normalized spacial score (nSPS) is 11.7. The molecule has 1 heterocycles. The van der Waals surface area contributed by atoms with Crippen LogP contribution in [0.2, 0.25) is 10.0 Å². The Labute approximate surface area is 166 Å².